The first-order chi connectivity index (χ1) is 7.33. The second-order valence-corrected chi connectivity index (χ2v) is 5.17. The molecule has 2 nitrogen and oxygen atoms in total. The molecule has 15 heavy (non-hydrogen) atoms. The van der Waals surface area contributed by atoms with Gasteiger partial charge in [-0.05, 0) is 19.3 Å². The van der Waals surface area contributed by atoms with Crippen LogP contribution in [0.15, 0.2) is 5.38 Å². The number of aromatic nitrogens is 1. The lowest BCUT2D eigenvalue weighted by Gasteiger charge is -2.23. The molecule has 80 valence electrons. The van der Waals surface area contributed by atoms with Crippen LogP contribution in [0.25, 0.3) is 0 Å². The minimum Gasteiger partial charge on any atom is -0.246 e. The molecule has 2 rings (SSSR count). The predicted octanol–water partition coefficient (Wildman–Crippen LogP) is 3.50. The lowest BCUT2D eigenvalue weighted by Crippen LogP contribution is -2.09. The molecule has 1 saturated carbocycles. The second-order valence-electron chi connectivity index (χ2n) is 4.23. The van der Waals surface area contributed by atoms with E-state index in [4.69, 9.17) is 5.26 Å². The second kappa shape index (κ2) is 4.76. The van der Waals surface area contributed by atoms with E-state index >= 15 is 0 Å². The maximum Gasteiger partial charge on any atom is 0.0941 e. The van der Waals surface area contributed by atoms with E-state index in [1.807, 2.05) is 0 Å². The van der Waals surface area contributed by atoms with Crippen molar-refractivity contribution in [3.8, 4) is 6.07 Å². The van der Waals surface area contributed by atoms with Crippen LogP contribution >= 0.6 is 11.3 Å². The highest BCUT2D eigenvalue weighted by Crippen LogP contribution is 2.36. The topological polar surface area (TPSA) is 36.7 Å². The third-order valence-electron chi connectivity index (χ3n) is 3.19. The summed E-state index contributed by atoms with van der Waals surface area (Å²) < 4.78 is 0. The van der Waals surface area contributed by atoms with Crippen molar-refractivity contribution in [3.05, 3.63) is 16.1 Å². The molecule has 0 bridgehead atoms. The van der Waals surface area contributed by atoms with Crippen LogP contribution in [0.1, 0.15) is 49.2 Å². The van der Waals surface area contributed by atoms with Crippen LogP contribution in [-0.4, -0.2) is 4.98 Å². The zero-order chi connectivity index (χ0) is 10.7. The molecule has 0 spiro atoms. The van der Waals surface area contributed by atoms with Gasteiger partial charge in [-0.1, -0.05) is 13.3 Å². The zero-order valence-corrected chi connectivity index (χ0v) is 9.89. The van der Waals surface area contributed by atoms with Gasteiger partial charge in [0.05, 0.1) is 22.7 Å². The van der Waals surface area contributed by atoms with Crippen molar-refractivity contribution in [1.29, 1.82) is 5.26 Å². The summed E-state index contributed by atoms with van der Waals surface area (Å²) in [6.45, 7) is 2.06. The minimum absolute atomic E-state index is 0.144. The van der Waals surface area contributed by atoms with E-state index in [9.17, 15) is 0 Å². The maximum atomic E-state index is 8.89. The van der Waals surface area contributed by atoms with Gasteiger partial charge in [0, 0.05) is 17.7 Å². The van der Waals surface area contributed by atoms with Crippen LogP contribution in [0.5, 0.6) is 0 Å². The first-order valence-electron chi connectivity index (χ1n) is 5.67. The third-order valence-corrected chi connectivity index (χ3v) is 4.08. The SMILES string of the molecule is CCC(C#N)Cc1nc(C2CCC2)cs1. The molecular formula is C12H16N2S. The molecule has 0 N–H and O–H groups in total. The molecule has 1 aromatic heterocycles. The Morgan fingerprint density at radius 1 is 1.67 bits per heavy atom. The van der Waals surface area contributed by atoms with Crippen molar-refractivity contribution in [2.75, 3.05) is 0 Å². The predicted molar refractivity (Wildman–Crippen MR) is 61.8 cm³/mol. The minimum atomic E-state index is 0.144. The summed E-state index contributed by atoms with van der Waals surface area (Å²) in [5.41, 5.74) is 1.27. The summed E-state index contributed by atoms with van der Waals surface area (Å²) in [4.78, 5) is 4.64. The molecule has 1 aliphatic rings. The lowest BCUT2D eigenvalue weighted by atomic mass is 9.83. The third kappa shape index (κ3) is 2.38. The van der Waals surface area contributed by atoms with Crippen molar-refractivity contribution < 1.29 is 0 Å². The largest absolute Gasteiger partial charge is 0.246 e. The van der Waals surface area contributed by atoms with Gasteiger partial charge >= 0.3 is 0 Å². The Morgan fingerprint density at radius 2 is 2.47 bits per heavy atom. The summed E-state index contributed by atoms with van der Waals surface area (Å²) in [7, 11) is 0. The van der Waals surface area contributed by atoms with Crippen LogP contribution in [0.2, 0.25) is 0 Å². The first-order valence-corrected chi connectivity index (χ1v) is 6.55. The molecule has 1 atom stereocenters. The van der Waals surface area contributed by atoms with Crippen molar-refractivity contribution in [3.63, 3.8) is 0 Å². The van der Waals surface area contributed by atoms with Crippen LogP contribution in [0, 0.1) is 17.2 Å². The highest BCUT2D eigenvalue weighted by atomic mass is 32.1. The molecule has 0 aromatic carbocycles. The number of rotatable bonds is 4. The zero-order valence-electron chi connectivity index (χ0n) is 9.07. The monoisotopic (exact) mass is 220 g/mol. The van der Waals surface area contributed by atoms with Crippen LogP contribution < -0.4 is 0 Å². The highest BCUT2D eigenvalue weighted by molar-refractivity contribution is 7.09. The molecule has 0 saturated heterocycles. The molecule has 1 aromatic rings. The van der Waals surface area contributed by atoms with Gasteiger partial charge in [-0.2, -0.15) is 5.26 Å². The highest BCUT2D eigenvalue weighted by Gasteiger charge is 2.22. The standard InChI is InChI=1S/C12H16N2S/c1-2-9(7-13)6-12-14-11(8-15-12)10-4-3-5-10/h8-10H,2-6H2,1H3. The number of hydrogen-bond acceptors (Lipinski definition) is 3. The van der Waals surface area contributed by atoms with Crippen LogP contribution in [0.4, 0.5) is 0 Å². The fourth-order valence-electron chi connectivity index (χ4n) is 1.80. The number of nitriles is 1. The van der Waals surface area contributed by atoms with Gasteiger partial charge in [-0.15, -0.1) is 11.3 Å². The van der Waals surface area contributed by atoms with Gasteiger partial charge in [-0.25, -0.2) is 4.98 Å². The molecule has 1 heterocycles. The van der Waals surface area contributed by atoms with Gasteiger partial charge in [0.15, 0.2) is 0 Å². The molecule has 0 amide bonds. The maximum absolute atomic E-state index is 8.89. The van der Waals surface area contributed by atoms with E-state index in [0.29, 0.717) is 0 Å². The average Bonchev–Trinajstić information content (AvgIpc) is 2.60. The number of hydrogen-bond donors (Lipinski definition) is 0. The summed E-state index contributed by atoms with van der Waals surface area (Å²) >= 11 is 1.72. The van der Waals surface area contributed by atoms with Gasteiger partial charge in [0.1, 0.15) is 0 Å². The molecule has 1 unspecified atom stereocenters. The summed E-state index contributed by atoms with van der Waals surface area (Å²) in [5.74, 6) is 0.863. The van der Waals surface area contributed by atoms with E-state index in [-0.39, 0.29) is 5.92 Å². The van der Waals surface area contributed by atoms with E-state index in [2.05, 4.69) is 23.4 Å². The Labute approximate surface area is 95.0 Å². The van der Waals surface area contributed by atoms with Crippen LogP contribution in [0.3, 0.4) is 0 Å². The first kappa shape index (κ1) is 10.6. The van der Waals surface area contributed by atoms with Crippen molar-refractivity contribution in [1.82, 2.24) is 4.98 Å². The molecule has 0 aliphatic heterocycles. The van der Waals surface area contributed by atoms with Crippen LogP contribution in [-0.2, 0) is 6.42 Å². The van der Waals surface area contributed by atoms with Gasteiger partial charge in [0.25, 0.3) is 0 Å². The van der Waals surface area contributed by atoms with Crippen molar-refractivity contribution in [2.45, 2.75) is 44.9 Å². The Bertz CT molecular complexity index is 360. The number of nitrogens with zero attached hydrogens (tertiary/aromatic N) is 2. The molecule has 3 heteroatoms. The molecule has 0 radical (unpaired) electrons. The van der Waals surface area contributed by atoms with E-state index in [0.717, 1.165) is 23.8 Å². The summed E-state index contributed by atoms with van der Waals surface area (Å²) in [5, 5.41) is 12.2. The smallest absolute Gasteiger partial charge is 0.0941 e. The molecule has 1 fully saturated rings. The van der Waals surface area contributed by atoms with Gasteiger partial charge in [0.2, 0.25) is 0 Å². The summed E-state index contributed by atoms with van der Waals surface area (Å²) in [6, 6.07) is 2.33. The normalized spacial score (nSPS) is 18.1. The lowest BCUT2D eigenvalue weighted by molar-refractivity contribution is 0.412. The quantitative estimate of drug-likeness (QED) is 0.778. The number of thiazole rings is 1. The van der Waals surface area contributed by atoms with E-state index < -0.39 is 0 Å². The van der Waals surface area contributed by atoms with Crippen molar-refractivity contribution in [2.24, 2.45) is 5.92 Å². The Hall–Kier alpha value is -0.880. The summed E-state index contributed by atoms with van der Waals surface area (Å²) in [6.07, 6.45) is 5.73. The molecule has 1 aliphatic carbocycles. The Balaban J connectivity index is 1.97. The van der Waals surface area contributed by atoms with E-state index in [1.165, 1.54) is 25.0 Å². The Kier molecular flexibility index (Phi) is 3.37. The van der Waals surface area contributed by atoms with Crippen molar-refractivity contribution >= 4 is 11.3 Å². The van der Waals surface area contributed by atoms with E-state index in [1.54, 1.807) is 11.3 Å². The average molecular weight is 220 g/mol. The fraction of sp³-hybridized carbons (Fsp3) is 0.667. The van der Waals surface area contributed by atoms with Gasteiger partial charge < -0.3 is 0 Å². The Morgan fingerprint density at radius 3 is 3.00 bits per heavy atom. The molecular weight excluding hydrogens is 204 g/mol. The van der Waals surface area contributed by atoms with Gasteiger partial charge in [-0.3, -0.25) is 0 Å². The fourth-order valence-corrected chi connectivity index (χ4v) is 2.76.